The highest BCUT2D eigenvalue weighted by atomic mass is 32.2. The highest BCUT2D eigenvalue weighted by Gasteiger charge is 2.49. The Morgan fingerprint density at radius 2 is 2.14 bits per heavy atom. The van der Waals surface area contributed by atoms with Gasteiger partial charge in [0.05, 0.1) is 17.7 Å². The summed E-state index contributed by atoms with van der Waals surface area (Å²) in [5.41, 5.74) is 5.08. The second kappa shape index (κ2) is 4.00. The monoisotopic (exact) mass is 217 g/mol. The third kappa shape index (κ3) is 1.81. The van der Waals surface area contributed by atoms with Crippen LogP contribution in [0.4, 0.5) is 0 Å². The van der Waals surface area contributed by atoms with Crippen LogP contribution < -0.4 is 5.73 Å². The summed E-state index contributed by atoms with van der Waals surface area (Å²) >= 11 is 1.81. The standard InChI is InChI=1S/C10H19NO2S/c11-9(3-1-5-13-7-9)10(12)4-2-6-14-8-10/h12H,1-8,11H2. The molecule has 3 nitrogen and oxygen atoms in total. The Bertz CT molecular complexity index is 176. The molecule has 0 aromatic carbocycles. The number of rotatable bonds is 1. The number of hydrogen-bond acceptors (Lipinski definition) is 4. The summed E-state index contributed by atoms with van der Waals surface area (Å²) < 4.78 is 5.41. The molecule has 3 N–H and O–H groups in total. The molecule has 2 atom stereocenters. The van der Waals surface area contributed by atoms with Crippen molar-refractivity contribution in [1.82, 2.24) is 0 Å². The molecule has 2 saturated heterocycles. The first kappa shape index (κ1) is 10.7. The molecular formula is C10H19NO2S. The number of ether oxygens (including phenoxy) is 1. The molecule has 0 aliphatic carbocycles. The maximum atomic E-state index is 10.5. The average Bonchev–Trinajstić information content (AvgIpc) is 2.20. The molecule has 2 heterocycles. The molecule has 2 unspecified atom stereocenters. The second-order valence-electron chi connectivity index (χ2n) is 4.50. The molecule has 0 bridgehead atoms. The van der Waals surface area contributed by atoms with E-state index in [1.54, 1.807) is 0 Å². The Hall–Kier alpha value is 0.230. The van der Waals surface area contributed by atoms with Crippen LogP contribution in [0.2, 0.25) is 0 Å². The summed E-state index contributed by atoms with van der Waals surface area (Å²) in [5, 5.41) is 10.5. The van der Waals surface area contributed by atoms with Crippen LogP contribution in [0.15, 0.2) is 0 Å². The average molecular weight is 217 g/mol. The van der Waals surface area contributed by atoms with Gasteiger partial charge < -0.3 is 15.6 Å². The lowest BCUT2D eigenvalue weighted by Crippen LogP contribution is -2.66. The summed E-state index contributed by atoms with van der Waals surface area (Å²) in [6.07, 6.45) is 3.77. The molecule has 0 amide bonds. The van der Waals surface area contributed by atoms with E-state index in [2.05, 4.69) is 0 Å². The highest BCUT2D eigenvalue weighted by molar-refractivity contribution is 7.99. The zero-order valence-electron chi connectivity index (χ0n) is 8.50. The van der Waals surface area contributed by atoms with Gasteiger partial charge in [0.15, 0.2) is 0 Å². The normalized spacial score (nSPS) is 45.0. The quantitative estimate of drug-likeness (QED) is 0.680. The molecule has 0 aromatic heterocycles. The van der Waals surface area contributed by atoms with Crippen LogP contribution in [0.25, 0.3) is 0 Å². The van der Waals surface area contributed by atoms with Crippen molar-refractivity contribution < 1.29 is 9.84 Å². The van der Waals surface area contributed by atoms with Gasteiger partial charge in [-0.3, -0.25) is 0 Å². The fourth-order valence-corrected chi connectivity index (χ4v) is 3.62. The summed E-state index contributed by atoms with van der Waals surface area (Å²) in [5.74, 6) is 1.92. The number of nitrogens with two attached hydrogens (primary N) is 1. The molecule has 0 aromatic rings. The van der Waals surface area contributed by atoms with E-state index in [0.29, 0.717) is 6.61 Å². The van der Waals surface area contributed by atoms with Crippen molar-refractivity contribution in [3.8, 4) is 0 Å². The summed E-state index contributed by atoms with van der Waals surface area (Å²) in [6.45, 7) is 1.31. The predicted octanol–water partition coefficient (Wildman–Crippen LogP) is 0.752. The fourth-order valence-electron chi connectivity index (χ4n) is 2.36. The van der Waals surface area contributed by atoms with E-state index in [4.69, 9.17) is 10.5 Å². The molecule has 2 fully saturated rings. The minimum absolute atomic E-state index is 0.501. The van der Waals surface area contributed by atoms with E-state index in [0.717, 1.165) is 43.8 Å². The zero-order valence-corrected chi connectivity index (χ0v) is 9.31. The lowest BCUT2D eigenvalue weighted by atomic mass is 9.75. The van der Waals surface area contributed by atoms with Gasteiger partial charge in [-0.2, -0.15) is 11.8 Å². The van der Waals surface area contributed by atoms with Crippen LogP contribution >= 0.6 is 11.8 Å². The maximum absolute atomic E-state index is 10.5. The van der Waals surface area contributed by atoms with Crippen LogP contribution in [-0.4, -0.2) is 41.0 Å². The minimum Gasteiger partial charge on any atom is -0.387 e. The lowest BCUT2D eigenvalue weighted by Gasteiger charge is -2.48. The summed E-state index contributed by atoms with van der Waals surface area (Å²) in [7, 11) is 0. The first-order chi connectivity index (χ1) is 6.66. The molecule has 82 valence electrons. The third-order valence-corrected chi connectivity index (χ3v) is 4.68. The van der Waals surface area contributed by atoms with E-state index < -0.39 is 11.1 Å². The maximum Gasteiger partial charge on any atom is 0.0938 e. The van der Waals surface area contributed by atoms with Gasteiger partial charge in [0.2, 0.25) is 0 Å². The highest BCUT2D eigenvalue weighted by Crippen LogP contribution is 2.38. The first-order valence-electron chi connectivity index (χ1n) is 5.33. The van der Waals surface area contributed by atoms with Crippen molar-refractivity contribution >= 4 is 11.8 Å². The fraction of sp³-hybridized carbons (Fsp3) is 1.00. The van der Waals surface area contributed by atoms with Crippen molar-refractivity contribution in [3.63, 3.8) is 0 Å². The van der Waals surface area contributed by atoms with Gasteiger partial charge in [-0.05, 0) is 31.4 Å². The third-order valence-electron chi connectivity index (χ3n) is 3.42. The van der Waals surface area contributed by atoms with Crippen LogP contribution in [0.5, 0.6) is 0 Å². The van der Waals surface area contributed by atoms with Gasteiger partial charge in [-0.1, -0.05) is 0 Å². The number of aliphatic hydroxyl groups is 1. The first-order valence-corrected chi connectivity index (χ1v) is 6.49. The molecule has 0 radical (unpaired) electrons. The van der Waals surface area contributed by atoms with Gasteiger partial charge in [-0.25, -0.2) is 0 Å². The SMILES string of the molecule is NC1(C2(O)CCCSC2)CCCOC1. The molecule has 2 aliphatic rings. The number of hydrogen-bond donors (Lipinski definition) is 2. The summed E-state index contributed by atoms with van der Waals surface area (Å²) in [6, 6.07) is 0. The van der Waals surface area contributed by atoms with Crippen LogP contribution in [0, 0.1) is 0 Å². The van der Waals surface area contributed by atoms with Crippen LogP contribution in [0.3, 0.4) is 0 Å². The van der Waals surface area contributed by atoms with Crippen molar-refractivity contribution in [2.45, 2.75) is 36.8 Å². The van der Waals surface area contributed by atoms with E-state index in [1.807, 2.05) is 11.8 Å². The van der Waals surface area contributed by atoms with Gasteiger partial charge >= 0.3 is 0 Å². The van der Waals surface area contributed by atoms with Crippen molar-refractivity contribution in [1.29, 1.82) is 0 Å². The molecular weight excluding hydrogens is 198 g/mol. The Morgan fingerprint density at radius 1 is 1.29 bits per heavy atom. The summed E-state index contributed by atoms with van der Waals surface area (Å²) in [4.78, 5) is 0. The van der Waals surface area contributed by atoms with Gasteiger partial charge in [0, 0.05) is 12.4 Å². The zero-order chi connectivity index (χ0) is 10.1. The Balaban J connectivity index is 2.09. The van der Waals surface area contributed by atoms with Crippen molar-refractivity contribution in [3.05, 3.63) is 0 Å². The van der Waals surface area contributed by atoms with Crippen LogP contribution in [0.1, 0.15) is 25.7 Å². The Labute approximate surface area is 89.4 Å². The number of thioether (sulfide) groups is 1. The molecule has 0 saturated carbocycles. The van der Waals surface area contributed by atoms with Crippen molar-refractivity contribution in [2.75, 3.05) is 24.7 Å². The molecule has 2 aliphatic heterocycles. The van der Waals surface area contributed by atoms with E-state index in [-0.39, 0.29) is 0 Å². The Kier molecular flexibility index (Phi) is 3.07. The molecule has 4 heteroatoms. The Morgan fingerprint density at radius 3 is 2.71 bits per heavy atom. The smallest absolute Gasteiger partial charge is 0.0938 e. The molecule has 14 heavy (non-hydrogen) atoms. The second-order valence-corrected chi connectivity index (χ2v) is 5.61. The van der Waals surface area contributed by atoms with E-state index in [9.17, 15) is 5.11 Å². The lowest BCUT2D eigenvalue weighted by molar-refractivity contribution is -0.0887. The van der Waals surface area contributed by atoms with E-state index >= 15 is 0 Å². The topological polar surface area (TPSA) is 55.5 Å². The van der Waals surface area contributed by atoms with E-state index in [1.165, 1.54) is 0 Å². The molecule has 2 rings (SSSR count). The predicted molar refractivity (Wildman–Crippen MR) is 58.5 cm³/mol. The largest absolute Gasteiger partial charge is 0.387 e. The van der Waals surface area contributed by atoms with Gasteiger partial charge in [-0.15, -0.1) is 0 Å². The van der Waals surface area contributed by atoms with Crippen molar-refractivity contribution in [2.24, 2.45) is 5.73 Å². The molecule has 0 spiro atoms. The minimum atomic E-state index is -0.698. The van der Waals surface area contributed by atoms with Gasteiger partial charge in [0.1, 0.15) is 0 Å². The van der Waals surface area contributed by atoms with Gasteiger partial charge in [0.25, 0.3) is 0 Å². The van der Waals surface area contributed by atoms with Crippen LogP contribution in [-0.2, 0) is 4.74 Å².